The van der Waals surface area contributed by atoms with Crippen LogP contribution in [0.15, 0.2) is 53.4 Å². The van der Waals surface area contributed by atoms with E-state index in [4.69, 9.17) is 11.6 Å². The molecular formula is C21H24ClFN2O3S. The Morgan fingerprint density at radius 2 is 1.76 bits per heavy atom. The Bertz CT molecular complexity index is 943. The van der Waals surface area contributed by atoms with Crippen LogP contribution in [-0.4, -0.2) is 38.3 Å². The van der Waals surface area contributed by atoms with Crippen LogP contribution in [0.5, 0.6) is 0 Å². The molecule has 0 spiro atoms. The first-order valence-corrected chi connectivity index (χ1v) is 11.5. The summed E-state index contributed by atoms with van der Waals surface area (Å²) in [6.45, 7) is 1.10. The highest BCUT2D eigenvalue weighted by atomic mass is 35.5. The SMILES string of the molecule is O=C(NCCCc1ccccc1Cl)C1CCN(S(=O)(=O)c2ccc(F)cc2)CC1. The lowest BCUT2D eigenvalue weighted by molar-refractivity contribution is -0.126. The van der Waals surface area contributed by atoms with Crippen LogP contribution in [0.4, 0.5) is 4.39 Å². The summed E-state index contributed by atoms with van der Waals surface area (Å²) in [6.07, 6.45) is 2.51. The maximum absolute atomic E-state index is 13.0. The van der Waals surface area contributed by atoms with Gasteiger partial charge in [0, 0.05) is 30.6 Å². The Labute approximate surface area is 175 Å². The molecule has 3 rings (SSSR count). The van der Waals surface area contributed by atoms with Crippen molar-refractivity contribution >= 4 is 27.5 Å². The summed E-state index contributed by atoms with van der Waals surface area (Å²) in [4.78, 5) is 12.5. The van der Waals surface area contributed by atoms with E-state index < -0.39 is 15.8 Å². The molecule has 1 aliphatic rings. The zero-order chi connectivity index (χ0) is 20.9. The molecule has 5 nitrogen and oxygen atoms in total. The summed E-state index contributed by atoms with van der Waals surface area (Å²) in [6, 6.07) is 12.4. The molecule has 0 unspecified atom stereocenters. The molecule has 1 amide bonds. The lowest BCUT2D eigenvalue weighted by Crippen LogP contribution is -2.43. The first-order chi connectivity index (χ1) is 13.9. The van der Waals surface area contributed by atoms with Crippen LogP contribution in [-0.2, 0) is 21.2 Å². The van der Waals surface area contributed by atoms with Crippen molar-refractivity contribution in [1.29, 1.82) is 0 Å². The van der Waals surface area contributed by atoms with E-state index in [9.17, 15) is 17.6 Å². The second kappa shape index (κ2) is 9.69. The minimum Gasteiger partial charge on any atom is -0.356 e. The van der Waals surface area contributed by atoms with Crippen LogP contribution < -0.4 is 5.32 Å². The van der Waals surface area contributed by atoms with Gasteiger partial charge in [-0.2, -0.15) is 4.31 Å². The first kappa shape index (κ1) is 21.7. The van der Waals surface area contributed by atoms with E-state index in [2.05, 4.69) is 5.32 Å². The molecule has 0 saturated carbocycles. The lowest BCUT2D eigenvalue weighted by atomic mass is 9.97. The third-order valence-corrected chi connectivity index (χ3v) is 7.44. The highest BCUT2D eigenvalue weighted by Crippen LogP contribution is 2.24. The minimum absolute atomic E-state index is 0.0389. The average Bonchev–Trinajstić information content (AvgIpc) is 2.72. The number of nitrogens with one attached hydrogen (secondary N) is 1. The minimum atomic E-state index is -3.66. The van der Waals surface area contributed by atoms with Crippen LogP contribution in [0.3, 0.4) is 0 Å². The van der Waals surface area contributed by atoms with E-state index in [1.807, 2.05) is 24.3 Å². The molecule has 0 aliphatic carbocycles. The number of hydrogen-bond acceptors (Lipinski definition) is 3. The van der Waals surface area contributed by atoms with E-state index in [0.717, 1.165) is 35.6 Å². The standard InChI is InChI=1S/C21H24ClFN2O3S/c22-20-6-2-1-4-16(20)5-3-13-24-21(26)17-11-14-25(15-12-17)29(27,28)19-9-7-18(23)8-10-19/h1-2,4,6-10,17H,3,5,11-15H2,(H,24,26). The van der Waals surface area contributed by atoms with Crippen molar-refractivity contribution in [2.45, 2.75) is 30.6 Å². The van der Waals surface area contributed by atoms with Crippen molar-refractivity contribution in [1.82, 2.24) is 9.62 Å². The predicted molar refractivity (Wildman–Crippen MR) is 111 cm³/mol. The highest BCUT2D eigenvalue weighted by molar-refractivity contribution is 7.89. The Hall–Kier alpha value is -1.96. The average molecular weight is 439 g/mol. The van der Waals surface area contributed by atoms with Crippen molar-refractivity contribution in [2.24, 2.45) is 5.92 Å². The monoisotopic (exact) mass is 438 g/mol. The first-order valence-electron chi connectivity index (χ1n) is 9.65. The quantitative estimate of drug-likeness (QED) is 0.671. The van der Waals surface area contributed by atoms with Crippen LogP contribution >= 0.6 is 11.6 Å². The molecule has 0 radical (unpaired) electrons. The Morgan fingerprint density at radius 1 is 1.10 bits per heavy atom. The fourth-order valence-electron chi connectivity index (χ4n) is 3.45. The zero-order valence-electron chi connectivity index (χ0n) is 16.0. The number of carbonyl (C=O) groups excluding carboxylic acids is 1. The van der Waals surface area contributed by atoms with Gasteiger partial charge in [-0.05, 0) is 61.6 Å². The van der Waals surface area contributed by atoms with Gasteiger partial charge < -0.3 is 5.32 Å². The van der Waals surface area contributed by atoms with E-state index in [1.165, 1.54) is 16.4 Å². The Morgan fingerprint density at radius 3 is 2.41 bits per heavy atom. The van der Waals surface area contributed by atoms with Gasteiger partial charge in [-0.1, -0.05) is 29.8 Å². The van der Waals surface area contributed by atoms with E-state index in [1.54, 1.807) is 0 Å². The molecule has 0 bridgehead atoms. The van der Waals surface area contributed by atoms with Gasteiger partial charge in [0.2, 0.25) is 15.9 Å². The summed E-state index contributed by atoms with van der Waals surface area (Å²) < 4.78 is 39.7. The summed E-state index contributed by atoms with van der Waals surface area (Å²) in [7, 11) is -3.66. The third-order valence-electron chi connectivity index (χ3n) is 5.16. The Balaban J connectivity index is 1.44. The zero-order valence-corrected chi connectivity index (χ0v) is 17.6. The molecule has 2 aromatic carbocycles. The smallest absolute Gasteiger partial charge is 0.243 e. The number of hydrogen-bond donors (Lipinski definition) is 1. The van der Waals surface area contributed by atoms with E-state index in [-0.39, 0.29) is 29.8 Å². The second-order valence-corrected chi connectivity index (χ2v) is 9.46. The van der Waals surface area contributed by atoms with E-state index in [0.29, 0.717) is 19.4 Å². The molecule has 2 aromatic rings. The number of nitrogens with zero attached hydrogens (tertiary/aromatic N) is 1. The lowest BCUT2D eigenvalue weighted by Gasteiger charge is -2.30. The van der Waals surface area contributed by atoms with Gasteiger partial charge >= 0.3 is 0 Å². The maximum Gasteiger partial charge on any atom is 0.243 e. The van der Waals surface area contributed by atoms with Crippen molar-refractivity contribution in [3.8, 4) is 0 Å². The Kier molecular flexibility index (Phi) is 7.27. The number of aryl methyl sites for hydroxylation is 1. The molecule has 0 atom stereocenters. The van der Waals surface area contributed by atoms with Gasteiger partial charge in [-0.15, -0.1) is 0 Å². The number of benzene rings is 2. The summed E-state index contributed by atoms with van der Waals surface area (Å²) in [5.74, 6) is -0.716. The molecular weight excluding hydrogens is 415 g/mol. The largest absolute Gasteiger partial charge is 0.356 e. The van der Waals surface area contributed by atoms with Gasteiger partial charge in [0.1, 0.15) is 5.82 Å². The number of rotatable bonds is 7. The number of halogens is 2. The number of amides is 1. The van der Waals surface area contributed by atoms with Gasteiger partial charge in [0.25, 0.3) is 0 Å². The number of carbonyl (C=O) groups is 1. The highest BCUT2D eigenvalue weighted by Gasteiger charge is 2.31. The predicted octanol–water partition coefficient (Wildman–Crippen LogP) is 3.63. The molecule has 1 saturated heterocycles. The normalized spacial score (nSPS) is 15.9. The maximum atomic E-state index is 13.0. The molecule has 0 aromatic heterocycles. The van der Waals surface area contributed by atoms with Crippen molar-refractivity contribution in [2.75, 3.05) is 19.6 Å². The summed E-state index contributed by atoms with van der Waals surface area (Å²) >= 11 is 6.13. The van der Waals surface area contributed by atoms with Crippen molar-refractivity contribution < 1.29 is 17.6 Å². The molecule has 1 N–H and O–H groups in total. The number of sulfonamides is 1. The summed E-state index contributed by atoms with van der Waals surface area (Å²) in [5, 5.41) is 3.67. The fourth-order valence-corrected chi connectivity index (χ4v) is 5.15. The molecule has 1 heterocycles. The molecule has 29 heavy (non-hydrogen) atoms. The summed E-state index contributed by atoms with van der Waals surface area (Å²) in [5.41, 5.74) is 1.06. The fraction of sp³-hybridized carbons (Fsp3) is 0.381. The second-order valence-electron chi connectivity index (χ2n) is 7.12. The topological polar surface area (TPSA) is 66.5 Å². The van der Waals surface area contributed by atoms with Crippen LogP contribution in [0.1, 0.15) is 24.8 Å². The third kappa shape index (κ3) is 5.56. The van der Waals surface area contributed by atoms with Gasteiger partial charge in [0.15, 0.2) is 0 Å². The molecule has 1 fully saturated rings. The molecule has 156 valence electrons. The van der Waals surface area contributed by atoms with Crippen molar-refractivity contribution in [3.63, 3.8) is 0 Å². The number of piperidine rings is 1. The van der Waals surface area contributed by atoms with Gasteiger partial charge in [-0.3, -0.25) is 4.79 Å². The van der Waals surface area contributed by atoms with Crippen molar-refractivity contribution in [3.05, 3.63) is 64.9 Å². The van der Waals surface area contributed by atoms with Gasteiger partial charge in [-0.25, -0.2) is 12.8 Å². The van der Waals surface area contributed by atoms with Gasteiger partial charge in [0.05, 0.1) is 4.90 Å². The van der Waals surface area contributed by atoms with Crippen LogP contribution in [0.25, 0.3) is 0 Å². The van der Waals surface area contributed by atoms with Crippen LogP contribution in [0.2, 0.25) is 5.02 Å². The van der Waals surface area contributed by atoms with E-state index >= 15 is 0 Å². The molecule has 8 heteroatoms. The molecule has 1 aliphatic heterocycles. The van der Waals surface area contributed by atoms with Crippen LogP contribution in [0, 0.1) is 11.7 Å².